The zero-order valence-electron chi connectivity index (χ0n) is 9.31. The maximum Gasteiger partial charge on any atom is 0.465 e. The van der Waals surface area contributed by atoms with Crippen LogP contribution in [0.15, 0.2) is 12.1 Å². The van der Waals surface area contributed by atoms with Crippen LogP contribution < -0.4 is 0 Å². The number of phenolic OH excluding ortho intramolecular Hbond substituents is 1. The highest BCUT2D eigenvalue weighted by atomic mass is 127. The molecule has 6 nitrogen and oxygen atoms in total. The molecule has 0 saturated carbocycles. The highest BCUT2D eigenvalue weighted by Crippen LogP contribution is 2.29. The topological polar surface area (TPSA) is 101 Å². The normalized spacial score (nSPS) is 12.2. The maximum atomic E-state index is 12.9. The number of rotatable bonds is 4. The summed E-state index contributed by atoms with van der Waals surface area (Å²) in [5.41, 5.74) is 0.0285. The minimum atomic E-state index is -5.91. The average Bonchev–Trinajstić information content (AvgIpc) is 2.29. The molecule has 1 aromatic carbocycles. The molecule has 0 atom stereocenters. The van der Waals surface area contributed by atoms with Crippen molar-refractivity contribution in [2.45, 2.75) is 11.9 Å². The van der Waals surface area contributed by atoms with Crippen molar-refractivity contribution in [2.75, 3.05) is 0 Å². The van der Waals surface area contributed by atoms with Crippen molar-refractivity contribution in [1.82, 2.24) is 0 Å². The van der Waals surface area contributed by atoms with E-state index in [2.05, 4.69) is 4.74 Å². The summed E-state index contributed by atoms with van der Waals surface area (Å²) in [6.45, 7) is -0.761. The van der Waals surface area contributed by atoms with Gasteiger partial charge in [-0.05, 0) is 57.3 Å². The van der Waals surface area contributed by atoms with Crippen molar-refractivity contribution < 1.29 is 36.4 Å². The number of halogens is 4. The first-order valence-electron chi connectivity index (χ1n) is 4.65. The van der Waals surface area contributed by atoms with Crippen molar-refractivity contribution in [2.24, 2.45) is 0 Å². The van der Waals surface area contributed by atoms with Gasteiger partial charge >= 0.3 is 21.3 Å². The van der Waals surface area contributed by atoms with Crippen LogP contribution in [0.5, 0.6) is 5.75 Å². The number of ether oxygens (including phenoxy) is 1. The van der Waals surface area contributed by atoms with E-state index < -0.39 is 27.9 Å². The van der Waals surface area contributed by atoms with Gasteiger partial charge in [0.25, 0.3) is 0 Å². The van der Waals surface area contributed by atoms with Crippen LogP contribution in [0.1, 0.15) is 5.56 Å². The van der Waals surface area contributed by atoms with Gasteiger partial charge in [-0.3, -0.25) is 4.55 Å². The molecule has 11 heteroatoms. The minimum absolute atomic E-state index is 0.0285. The molecule has 0 unspecified atom stereocenters. The lowest BCUT2D eigenvalue weighted by Crippen LogP contribution is -2.38. The molecule has 0 aliphatic rings. The molecule has 1 aromatic rings. The fourth-order valence-corrected chi connectivity index (χ4v) is 3.30. The number of aromatic hydroxyl groups is 1. The summed E-state index contributed by atoms with van der Waals surface area (Å²) in [6.07, 6.45) is 0. The van der Waals surface area contributed by atoms with Gasteiger partial charge in [-0.2, -0.15) is 17.2 Å². The van der Waals surface area contributed by atoms with Gasteiger partial charge in [0.1, 0.15) is 12.4 Å². The van der Waals surface area contributed by atoms with Crippen LogP contribution >= 0.6 is 45.2 Å². The van der Waals surface area contributed by atoms with Gasteiger partial charge in [0.05, 0.1) is 3.57 Å². The van der Waals surface area contributed by atoms with Crippen LogP contribution in [0.4, 0.5) is 8.78 Å². The van der Waals surface area contributed by atoms with Crippen molar-refractivity contribution in [3.05, 3.63) is 24.8 Å². The van der Waals surface area contributed by atoms with Crippen molar-refractivity contribution in [3.63, 3.8) is 0 Å². The van der Waals surface area contributed by atoms with Crippen LogP contribution in [0.3, 0.4) is 0 Å². The molecule has 0 radical (unpaired) electrons. The first-order chi connectivity index (χ1) is 8.96. The number of carbonyl (C=O) groups excluding carboxylic acids is 1. The highest BCUT2D eigenvalue weighted by Gasteiger charge is 2.54. The number of hydrogen-bond donors (Lipinski definition) is 2. The monoisotopic (exact) mass is 534 g/mol. The van der Waals surface area contributed by atoms with Gasteiger partial charge in [-0.15, -0.1) is 0 Å². The van der Waals surface area contributed by atoms with E-state index in [-0.39, 0.29) is 11.3 Å². The van der Waals surface area contributed by atoms with E-state index >= 15 is 0 Å². The van der Waals surface area contributed by atoms with Gasteiger partial charge in [0.15, 0.2) is 0 Å². The van der Waals surface area contributed by atoms with E-state index in [9.17, 15) is 27.1 Å². The summed E-state index contributed by atoms with van der Waals surface area (Å²) in [5, 5.41) is 4.58. The van der Waals surface area contributed by atoms with Crippen molar-refractivity contribution >= 4 is 61.3 Å². The second kappa shape index (κ2) is 6.23. The first kappa shape index (κ1) is 17.8. The van der Waals surface area contributed by atoms with Crippen LogP contribution in [0.2, 0.25) is 0 Å². The lowest BCUT2D eigenvalue weighted by Gasteiger charge is -2.13. The Kier molecular flexibility index (Phi) is 5.53. The van der Waals surface area contributed by atoms with E-state index in [1.165, 1.54) is 6.07 Å². The van der Waals surface area contributed by atoms with E-state index in [1.807, 2.05) is 22.6 Å². The van der Waals surface area contributed by atoms with E-state index in [0.29, 0.717) is 7.14 Å². The second-order valence-corrected chi connectivity index (χ2v) is 7.33. The predicted octanol–water partition coefficient (Wildman–Crippen LogP) is 2.13. The lowest BCUT2D eigenvalue weighted by molar-refractivity contribution is -0.162. The number of carbonyl (C=O) groups is 1. The van der Waals surface area contributed by atoms with Gasteiger partial charge in [0, 0.05) is 9.13 Å². The van der Waals surface area contributed by atoms with E-state index in [1.54, 1.807) is 28.7 Å². The Morgan fingerprint density at radius 2 is 1.90 bits per heavy atom. The summed E-state index contributed by atoms with van der Waals surface area (Å²) in [4.78, 5) is 11.0. The van der Waals surface area contributed by atoms with Crippen molar-refractivity contribution in [3.8, 4) is 5.75 Å². The molecule has 0 spiro atoms. The number of hydrogen-bond acceptors (Lipinski definition) is 5. The largest absolute Gasteiger partial charge is 0.506 e. The summed E-state index contributed by atoms with van der Waals surface area (Å²) in [6, 6.07) is 2.96. The number of benzene rings is 1. The predicted molar refractivity (Wildman–Crippen MR) is 79.8 cm³/mol. The summed E-state index contributed by atoms with van der Waals surface area (Å²) in [7, 11) is -5.91. The SMILES string of the molecule is O=C(OCc1cc(I)cc(I)c1O)C(F)(F)S(=O)(=O)O. The molecule has 0 aliphatic heterocycles. The number of phenols is 1. The summed E-state index contributed by atoms with van der Waals surface area (Å²) in [5.74, 6) is -2.69. The Labute approximate surface area is 139 Å². The van der Waals surface area contributed by atoms with Gasteiger partial charge in [-0.25, -0.2) is 4.79 Å². The fourth-order valence-electron chi connectivity index (χ4n) is 1.06. The van der Waals surface area contributed by atoms with Crippen LogP contribution in [0, 0.1) is 7.14 Å². The molecule has 0 bridgehead atoms. The Hall–Kier alpha value is -0.280. The van der Waals surface area contributed by atoms with Crippen molar-refractivity contribution in [1.29, 1.82) is 0 Å². The summed E-state index contributed by atoms with van der Waals surface area (Å²) >= 11 is 3.68. The Bertz CT molecular complexity index is 646. The lowest BCUT2D eigenvalue weighted by atomic mass is 10.2. The second-order valence-electron chi connectivity index (χ2n) is 3.46. The molecule has 0 fully saturated rings. The van der Waals surface area contributed by atoms with Crippen LogP contribution in [-0.2, 0) is 26.3 Å². The molecule has 1 rings (SSSR count). The molecule has 0 amide bonds. The Balaban J connectivity index is 2.91. The number of alkyl halides is 2. The van der Waals surface area contributed by atoms with Crippen LogP contribution in [-0.4, -0.2) is 29.3 Å². The molecule has 0 aliphatic carbocycles. The zero-order valence-corrected chi connectivity index (χ0v) is 14.4. The summed E-state index contributed by atoms with van der Waals surface area (Å²) < 4.78 is 59.9. The maximum absolute atomic E-state index is 12.9. The standard InChI is InChI=1S/C9H6F2I2O6S/c10-9(11,20(16,17)18)8(15)19-3-4-1-5(12)2-6(13)7(4)14/h1-2,14H,3H2,(H,16,17,18). The molecule has 20 heavy (non-hydrogen) atoms. The third kappa shape index (κ3) is 3.88. The van der Waals surface area contributed by atoms with Gasteiger partial charge in [-0.1, -0.05) is 0 Å². The van der Waals surface area contributed by atoms with Crippen LogP contribution in [0.25, 0.3) is 0 Å². The first-order valence-corrected chi connectivity index (χ1v) is 8.25. The van der Waals surface area contributed by atoms with E-state index in [4.69, 9.17) is 4.55 Å². The fraction of sp³-hybridized carbons (Fsp3) is 0.222. The highest BCUT2D eigenvalue weighted by molar-refractivity contribution is 14.1. The Morgan fingerprint density at radius 3 is 2.40 bits per heavy atom. The molecule has 112 valence electrons. The molecule has 2 N–H and O–H groups in total. The van der Waals surface area contributed by atoms with Gasteiger partial charge in [0.2, 0.25) is 0 Å². The zero-order chi connectivity index (χ0) is 15.7. The molecule has 0 saturated heterocycles. The quantitative estimate of drug-likeness (QED) is 0.349. The van der Waals surface area contributed by atoms with Gasteiger partial charge < -0.3 is 9.84 Å². The third-order valence-corrected chi connectivity index (χ3v) is 4.29. The Morgan fingerprint density at radius 1 is 1.35 bits per heavy atom. The molecular formula is C9H6F2I2O6S. The third-order valence-electron chi connectivity index (χ3n) is 2.03. The van der Waals surface area contributed by atoms with E-state index in [0.717, 1.165) is 0 Å². The molecule has 0 heterocycles. The minimum Gasteiger partial charge on any atom is -0.506 e. The molecule has 0 aromatic heterocycles. The average molecular weight is 534 g/mol. The number of esters is 1. The molecular weight excluding hydrogens is 528 g/mol. The smallest absolute Gasteiger partial charge is 0.465 e.